The van der Waals surface area contributed by atoms with Gasteiger partial charge in [0, 0.05) is 22.5 Å². The average Bonchev–Trinajstić information content (AvgIpc) is 2.77. The summed E-state index contributed by atoms with van der Waals surface area (Å²) in [5.41, 5.74) is 6.62. The van der Waals surface area contributed by atoms with Crippen LogP contribution in [-0.2, 0) is 6.54 Å². The van der Waals surface area contributed by atoms with Crippen molar-refractivity contribution < 1.29 is 9.90 Å². The number of aromatic hydroxyl groups is 1. The van der Waals surface area contributed by atoms with Crippen LogP contribution in [0.2, 0.25) is 0 Å². The number of benzene rings is 1. The van der Waals surface area contributed by atoms with Crippen molar-refractivity contribution in [3.8, 4) is 5.75 Å². The van der Waals surface area contributed by atoms with E-state index in [-0.39, 0.29) is 5.75 Å². The lowest BCUT2D eigenvalue weighted by molar-refractivity contribution is 0.100. The van der Waals surface area contributed by atoms with Gasteiger partial charge in [-0.2, -0.15) is 0 Å². The van der Waals surface area contributed by atoms with E-state index in [4.69, 9.17) is 10.8 Å². The van der Waals surface area contributed by atoms with Gasteiger partial charge >= 0.3 is 0 Å². The Kier molecular flexibility index (Phi) is 3.30. The highest BCUT2D eigenvalue weighted by molar-refractivity contribution is 7.10. The van der Waals surface area contributed by atoms with Gasteiger partial charge in [-0.3, -0.25) is 4.79 Å². The number of phenolic OH excluding ortho intramolecular Hbond substituents is 1. The quantitative estimate of drug-likeness (QED) is 0.726. The first-order valence-electron chi connectivity index (χ1n) is 5.05. The smallest absolute Gasteiger partial charge is 0.249 e. The standard InChI is InChI=1S/C12H12N2O2S/c13-12(16)8-5-11(17-7-8)6-14-9-1-3-10(15)4-2-9/h1-5,7,14-15H,6H2,(H2,13,16). The van der Waals surface area contributed by atoms with Gasteiger partial charge in [-0.1, -0.05) is 0 Å². The second kappa shape index (κ2) is 4.88. The Bertz CT molecular complexity index is 520. The molecule has 0 unspecified atom stereocenters. The second-order valence-electron chi connectivity index (χ2n) is 3.57. The van der Waals surface area contributed by atoms with Gasteiger partial charge in [-0.15, -0.1) is 11.3 Å². The molecule has 0 aliphatic rings. The van der Waals surface area contributed by atoms with Gasteiger partial charge in [0.05, 0.1) is 5.56 Å². The van der Waals surface area contributed by atoms with Crippen LogP contribution in [-0.4, -0.2) is 11.0 Å². The van der Waals surface area contributed by atoms with E-state index < -0.39 is 5.91 Å². The number of hydrogen-bond donors (Lipinski definition) is 3. The van der Waals surface area contributed by atoms with Crippen molar-refractivity contribution in [1.29, 1.82) is 0 Å². The Balaban J connectivity index is 1.97. The van der Waals surface area contributed by atoms with E-state index in [0.717, 1.165) is 10.6 Å². The average molecular weight is 248 g/mol. The van der Waals surface area contributed by atoms with Gasteiger partial charge < -0.3 is 16.2 Å². The van der Waals surface area contributed by atoms with Crippen molar-refractivity contribution in [2.75, 3.05) is 5.32 Å². The van der Waals surface area contributed by atoms with Crippen molar-refractivity contribution in [3.05, 3.63) is 46.2 Å². The lowest BCUT2D eigenvalue weighted by Gasteiger charge is -2.04. The van der Waals surface area contributed by atoms with Crippen molar-refractivity contribution in [1.82, 2.24) is 0 Å². The lowest BCUT2D eigenvalue weighted by Crippen LogP contribution is -2.09. The van der Waals surface area contributed by atoms with Crippen LogP contribution in [0.15, 0.2) is 35.7 Å². The first-order valence-corrected chi connectivity index (χ1v) is 5.93. The molecule has 0 bridgehead atoms. The summed E-state index contributed by atoms with van der Waals surface area (Å²) >= 11 is 1.49. The molecule has 4 nitrogen and oxygen atoms in total. The molecule has 0 saturated carbocycles. The second-order valence-corrected chi connectivity index (χ2v) is 4.56. The summed E-state index contributed by atoms with van der Waals surface area (Å²) in [7, 11) is 0. The van der Waals surface area contributed by atoms with Crippen molar-refractivity contribution in [2.45, 2.75) is 6.54 Å². The van der Waals surface area contributed by atoms with Crippen LogP contribution in [0, 0.1) is 0 Å². The molecule has 0 radical (unpaired) electrons. The highest BCUT2D eigenvalue weighted by Gasteiger charge is 2.04. The Hall–Kier alpha value is -2.01. The van der Waals surface area contributed by atoms with Gasteiger partial charge in [-0.05, 0) is 30.3 Å². The summed E-state index contributed by atoms with van der Waals surface area (Å²) in [4.78, 5) is 11.9. The predicted molar refractivity (Wildman–Crippen MR) is 68.3 cm³/mol. The van der Waals surface area contributed by atoms with E-state index in [1.54, 1.807) is 35.7 Å². The molecule has 5 heteroatoms. The monoisotopic (exact) mass is 248 g/mol. The number of primary amides is 1. The Labute approximate surface area is 103 Å². The fourth-order valence-corrected chi connectivity index (χ4v) is 2.18. The molecule has 4 N–H and O–H groups in total. The van der Waals surface area contributed by atoms with Crippen molar-refractivity contribution in [2.24, 2.45) is 5.73 Å². The van der Waals surface area contributed by atoms with Crippen LogP contribution >= 0.6 is 11.3 Å². The molecular weight excluding hydrogens is 236 g/mol. The molecule has 0 saturated heterocycles. The summed E-state index contributed by atoms with van der Waals surface area (Å²) < 4.78 is 0. The highest BCUT2D eigenvalue weighted by Crippen LogP contribution is 2.18. The van der Waals surface area contributed by atoms with E-state index in [0.29, 0.717) is 12.1 Å². The third kappa shape index (κ3) is 2.98. The van der Waals surface area contributed by atoms with Gasteiger partial charge in [0.15, 0.2) is 0 Å². The molecule has 0 spiro atoms. The zero-order chi connectivity index (χ0) is 12.3. The van der Waals surface area contributed by atoms with E-state index in [2.05, 4.69) is 5.32 Å². The van der Waals surface area contributed by atoms with Crippen LogP contribution in [0.25, 0.3) is 0 Å². The molecule has 1 aromatic carbocycles. The number of hydrogen-bond acceptors (Lipinski definition) is 4. The topological polar surface area (TPSA) is 75.4 Å². The zero-order valence-corrected chi connectivity index (χ0v) is 9.83. The minimum absolute atomic E-state index is 0.239. The molecule has 2 rings (SSSR count). The van der Waals surface area contributed by atoms with Crippen LogP contribution in [0.5, 0.6) is 5.75 Å². The van der Waals surface area contributed by atoms with E-state index >= 15 is 0 Å². The fraction of sp³-hybridized carbons (Fsp3) is 0.0833. The lowest BCUT2D eigenvalue weighted by atomic mass is 10.3. The minimum atomic E-state index is -0.405. The maximum absolute atomic E-state index is 10.9. The third-order valence-corrected chi connectivity index (χ3v) is 3.21. The minimum Gasteiger partial charge on any atom is -0.508 e. The normalized spacial score (nSPS) is 10.1. The van der Waals surface area contributed by atoms with Gasteiger partial charge in [-0.25, -0.2) is 0 Å². The summed E-state index contributed by atoms with van der Waals surface area (Å²) in [6, 6.07) is 8.59. The number of thiophene rings is 1. The molecule has 0 atom stereocenters. The van der Waals surface area contributed by atoms with Gasteiger partial charge in [0.25, 0.3) is 0 Å². The Morgan fingerprint density at radius 1 is 1.35 bits per heavy atom. The zero-order valence-electron chi connectivity index (χ0n) is 9.01. The van der Waals surface area contributed by atoms with Crippen LogP contribution in [0.1, 0.15) is 15.2 Å². The molecule has 1 amide bonds. The Morgan fingerprint density at radius 2 is 2.06 bits per heavy atom. The molecule has 0 aliphatic carbocycles. The molecule has 88 valence electrons. The van der Waals surface area contributed by atoms with E-state index in [1.165, 1.54) is 11.3 Å². The van der Waals surface area contributed by atoms with Gasteiger partial charge in [0.1, 0.15) is 5.75 Å². The predicted octanol–water partition coefficient (Wildman–Crippen LogP) is 2.16. The Morgan fingerprint density at radius 3 is 2.65 bits per heavy atom. The highest BCUT2D eigenvalue weighted by atomic mass is 32.1. The number of anilines is 1. The van der Waals surface area contributed by atoms with Crippen molar-refractivity contribution in [3.63, 3.8) is 0 Å². The molecule has 17 heavy (non-hydrogen) atoms. The number of nitrogens with two attached hydrogens (primary N) is 1. The molecule has 0 fully saturated rings. The first kappa shape index (κ1) is 11.5. The number of phenols is 1. The largest absolute Gasteiger partial charge is 0.508 e. The molecule has 0 aliphatic heterocycles. The molecular formula is C12H12N2O2S. The first-order chi connectivity index (χ1) is 8.15. The number of carbonyl (C=O) groups is 1. The summed E-state index contributed by atoms with van der Waals surface area (Å²) in [5, 5.41) is 14.1. The summed E-state index contributed by atoms with van der Waals surface area (Å²) in [5.74, 6) is -0.167. The van der Waals surface area contributed by atoms with E-state index in [9.17, 15) is 4.79 Å². The fourth-order valence-electron chi connectivity index (χ4n) is 1.37. The number of nitrogens with one attached hydrogen (secondary N) is 1. The maximum atomic E-state index is 10.9. The number of carbonyl (C=O) groups excluding carboxylic acids is 1. The summed E-state index contributed by atoms with van der Waals surface area (Å²) in [6.45, 7) is 0.628. The number of rotatable bonds is 4. The molecule has 1 heterocycles. The maximum Gasteiger partial charge on any atom is 0.249 e. The number of amides is 1. The molecule has 1 aromatic heterocycles. The van der Waals surface area contributed by atoms with Gasteiger partial charge in [0.2, 0.25) is 5.91 Å². The van der Waals surface area contributed by atoms with Crippen LogP contribution < -0.4 is 11.1 Å². The summed E-state index contributed by atoms with van der Waals surface area (Å²) in [6.07, 6.45) is 0. The van der Waals surface area contributed by atoms with Crippen LogP contribution in [0.4, 0.5) is 5.69 Å². The molecule has 2 aromatic rings. The van der Waals surface area contributed by atoms with Crippen molar-refractivity contribution >= 4 is 22.9 Å². The SMILES string of the molecule is NC(=O)c1csc(CNc2ccc(O)cc2)c1. The van der Waals surface area contributed by atoms with E-state index in [1.807, 2.05) is 0 Å². The third-order valence-electron chi connectivity index (χ3n) is 2.27. The van der Waals surface area contributed by atoms with Crippen LogP contribution in [0.3, 0.4) is 0 Å².